The Kier molecular flexibility index (Phi) is 74.4. The van der Waals surface area contributed by atoms with E-state index < -0.39 is 6.10 Å². The summed E-state index contributed by atoms with van der Waals surface area (Å²) < 4.78 is 10.8. The second kappa shape index (κ2) is 78.5. The Labute approximate surface area is 557 Å². The van der Waals surface area contributed by atoms with E-state index in [1.54, 1.807) is 0 Å². The van der Waals surface area contributed by atoms with Crippen LogP contribution in [0.15, 0.2) is 170 Å². The molecule has 0 aromatic heterocycles. The molecule has 0 aliphatic carbocycles. The number of carbonyl (C=O) groups is 2. The molecule has 0 aliphatic heterocycles. The Morgan fingerprint density at radius 1 is 0.267 bits per heavy atom. The van der Waals surface area contributed by atoms with Crippen LogP contribution >= 0.6 is 0 Å². The minimum atomic E-state index is -0.795. The lowest BCUT2D eigenvalue weighted by Gasteiger charge is -2.15. The molecule has 0 rings (SSSR count). The number of hydrogen-bond donors (Lipinski definition) is 1. The fourth-order valence-corrected chi connectivity index (χ4v) is 10.4. The van der Waals surface area contributed by atoms with Crippen molar-refractivity contribution in [3.05, 3.63) is 170 Å². The molecule has 0 heterocycles. The number of carbonyl (C=O) groups excluding carboxylic acids is 2. The van der Waals surface area contributed by atoms with Gasteiger partial charge in [0.2, 0.25) is 0 Å². The van der Waals surface area contributed by atoms with E-state index in [9.17, 15) is 14.7 Å². The maximum Gasteiger partial charge on any atom is 0.306 e. The molecular formula is C85H140O5. The van der Waals surface area contributed by atoms with Crippen molar-refractivity contribution in [2.24, 2.45) is 0 Å². The molecule has 1 atom stereocenters. The van der Waals surface area contributed by atoms with E-state index >= 15 is 0 Å². The van der Waals surface area contributed by atoms with Crippen molar-refractivity contribution in [2.45, 2.75) is 341 Å². The van der Waals surface area contributed by atoms with Gasteiger partial charge >= 0.3 is 11.9 Å². The van der Waals surface area contributed by atoms with Crippen LogP contribution in [0.5, 0.6) is 0 Å². The van der Waals surface area contributed by atoms with Gasteiger partial charge in [-0.3, -0.25) is 9.59 Å². The zero-order chi connectivity index (χ0) is 64.7. The van der Waals surface area contributed by atoms with E-state index in [-0.39, 0.29) is 25.2 Å². The van der Waals surface area contributed by atoms with Crippen LogP contribution in [-0.2, 0) is 19.1 Å². The van der Waals surface area contributed by atoms with Crippen LogP contribution in [0.3, 0.4) is 0 Å². The summed E-state index contributed by atoms with van der Waals surface area (Å²) in [6, 6.07) is 0. The average Bonchev–Trinajstić information content (AvgIpc) is 3.59. The highest BCUT2D eigenvalue weighted by Crippen LogP contribution is 2.17. The molecule has 1 unspecified atom stereocenters. The van der Waals surface area contributed by atoms with Crippen molar-refractivity contribution >= 4 is 11.9 Å². The van der Waals surface area contributed by atoms with Crippen LogP contribution in [0.25, 0.3) is 0 Å². The predicted molar refractivity (Wildman–Crippen MR) is 398 cm³/mol. The first-order valence-electron chi connectivity index (χ1n) is 37.7. The lowest BCUT2D eigenvalue weighted by molar-refractivity contribution is -0.161. The number of aliphatic hydroxyl groups excluding tert-OH is 1. The van der Waals surface area contributed by atoms with Crippen molar-refractivity contribution in [1.82, 2.24) is 0 Å². The average molecular weight is 1240 g/mol. The molecule has 0 radical (unpaired) electrons. The Morgan fingerprint density at radius 3 is 0.722 bits per heavy atom. The summed E-state index contributed by atoms with van der Waals surface area (Å²) in [6.07, 6.45) is 121. The highest BCUT2D eigenvalue weighted by atomic mass is 16.6. The number of esters is 2. The monoisotopic (exact) mass is 1240 g/mol. The molecule has 0 saturated carbocycles. The zero-order valence-corrected chi connectivity index (χ0v) is 58.6. The lowest BCUT2D eigenvalue weighted by atomic mass is 10.0. The Morgan fingerprint density at radius 2 is 0.478 bits per heavy atom. The standard InChI is InChI=1S/C85H140O5/c1-3-5-7-9-11-13-15-17-19-21-23-25-27-29-31-33-35-37-39-41-42-44-46-48-50-52-54-56-58-60-62-64-66-68-70-72-74-76-78-80-85(88)90-83(81-86)82-89-84(87)79-77-75-73-71-69-67-65-63-61-59-57-55-53-51-49-47-45-43-40-38-36-34-32-30-28-26-24-22-20-18-16-14-12-10-8-6-4-2/h5,7,11,13,16-19,22-25,28-31,35,37,41-42,46,48,52,54,58,60,64,66,83,86H,3-4,6,8-10,12,14-15,20-21,26-27,32-34,36,38-40,43-45,47,49-51,53,55-57,59,61-63,65,67-82H2,1-2H3/b7-5-,13-11-,18-16-,19-17-,24-22-,25-23-,30-28-,31-29-,37-35-,42-41-,48-46-,54-52-,60-58-,66-64-. The smallest absolute Gasteiger partial charge is 0.306 e. The van der Waals surface area contributed by atoms with E-state index in [2.05, 4.69) is 184 Å². The number of ether oxygens (including phenoxy) is 2. The second-order valence-corrected chi connectivity index (χ2v) is 24.6. The normalized spacial score (nSPS) is 13.2. The van der Waals surface area contributed by atoms with Gasteiger partial charge in [-0.25, -0.2) is 0 Å². The highest BCUT2D eigenvalue weighted by Gasteiger charge is 2.16. The van der Waals surface area contributed by atoms with Gasteiger partial charge in [0, 0.05) is 12.8 Å². The largest absolute Gasteiger partial charge is 0.462 e. The number of unbranched alkanes of at least 4 members (excludes halogenated alkanes) is 32. The molecule has 510 valence electrons. The summed E-state index contributed by atoms with van der Waals surface area (Å²) in [5.74, 6) is -0.612. The van der Waals surface area contributed by atoms with E-state index in [4.69, 9.17) is 9.47 Å². The molecular weight excluding hydrogens is 1100 g/mol. The number of aliphatic hydroxyl groups is 1. The molecule has 0 aliphatic rings. The van der Waals surface area contributed by atoms with Crippen LogP contribution in [0.2, 0.25) is 0 Å². The molecule has 0 aromatic carbocycles. The van der Waals surface area contributed by atoms with Crippen molar-refractivity contribution in [3.8, 4) is 0 Å². The summed E-state index contributed by atoms with van der Waals surface area (Å²) in [7, 11) is 0. The van der Waals surface area contributed by atoms with Gasteiger partial charge in [0.15, 0.2) is 6.10 Å². The quantitative estimate of drug-likeness (QED) is 0.0373. The van der Waals surface area contributed by atoms with Crippen LogP contribution in [-0.4, -0.2) is 36.4 Å². The van der Waals surface area contributed by atoms with Gasteiger partial charge in [-0.2, -0.15) is 0 Å². The SMILES string of the molecule is CC/C=C\C/C=C\C/C=C\C/C=C\C/C=C\C/C=C\C/C=C\C/C=C\C/C=C\C/C=C\C/C=C\CCCCCCCC(=O)OC(CO)COC(=O)CCCCCCCCCCCCCCCCCCCCCCCC/C=C\C/C=C\C/C=C\CCCCCCC. The van der Waals surface area contributed by atoms with Crippen LogP contribution < -0.4 is 0 Å². The first kappa shape index (κ1) is 85.3. The summed E-state index contributed by atoms with van der Waals surface area (Å²) in [4.78, 5) is 24.7. The molecule has 1 N–H and O–H groups in total. The van der Waals surface area contributed by atoms with E-state index in [0.29, 0.717) is 12.8 Å². The summed E-state index contributed by atoms with van der Waals surface area (Å²) in [5, 5.41) is 9.71. The minimum Gasteiger partial charge on any atom is -0.462 e. The molecule has 0 fully saturated rings. The molecule has 0 bridgehead atoms. The number of rotatable bonds is 68. The summed E-state index contributed by atoms with van der Waals surface area (Å²) >= 11 is 0. The maximum atomic E-state index is 12.4. The first-order valence-corrected chi connectivity index (χ1v) is 37.7. The molecule has 5 nitrogen and oxygen atoms in total. The second-order valence-electron chi connectivity index (χ2n) is 24.6. The molecule has 0 saturated heterocycles. The summed E-state index contributed by atoms with van der Waals surface area (Å²) in [6.45, 7) is 4.02. The van der Waals surface area contributed by atoms with Gasteiger partial charge in [0.05, 0.1) is 6.61 Å². The number of hydrogen-bond acceptors (Lipinski definition) is 5. The van der Waals surface area contributed by atoms with Gasteiger partial charge in [-0.15, -0.1) is 0 Å². The third kappa shape index (κ3) is 75.7. The maximum absolute atomic E-state index is 12.4. The van der Waals surface area contributed by atoms with Gasteiger partial charge < -0.3 is 14.6 Å². The van der Waals surface area contributed by atoms with Crippen molar-refractivity contribution in [2.75, 3.05) is 13.2 Å². The van der Waals surface area contributed by atoms with Gasteiger partial charge in [0.1, 0.15) is 6.61 Å². The Bertz CT molecular complexity index is 1940. The third-order valence-corrected chi connectivity index (χ3v) is 16.0. The van der Waals surface area contributed by atoms with Gasteiger partial charge in [0.25, 0.3) is 0 Å². The van der Waals surface area contributed by atoms with Crippen molar-refractivity contribution in [3.63, 3.8) is 0 Å². The van der Waals surface area contributed by atoms with Crippen LogP contribution in [0.1, 0.15) is 335 Å². The van der Waals surface area contributed by atoms with E-state index in [0.717, 1.165) is 141 Å². The first-order chi connectivity index (χ1) is 44.6. The van der Waals surface area contributed by atoms with Gasteiger partial charge in [-0.1, -0.05) is 357 Å². The fraction of sp³-hybridized carbons (Fsp3) is 0.647. The molecule has 0 amide bonds. The van der Waals surface area contributed by atoms with E-state index in [1.807, 2.05) is 0 Å². The molecule has 0 aromatic rings. The molecule has 90 heavy (non-hydrogen) atoms. The van der Waals surface area contributed by atoms with Crippen LogP contribution in [0, 0.1) is 0 Å². The molecule has 5 heteroatoms. The zero-order valence-electron chi connectivity index (χ0n) is 58.6. The van der Waals surface area contributed by atoms with Crippen LogP contribution in [0.4, 0.5) is 0 Å². The van der Waals surface area contributed by atoms with E-state index in [1.165, 1.54) is 167 Å². The molecule has 0 spiro atoms. The van der Waals surface area contributed by atoms with Crippen molar-refractivity contribution < 1.29 is 24.2 Å². The highest BCUT2D eigenvalue weighted by molar-refractivity contribution is 5.70. The predicted octanol–water partition coefficient (Wildman–Crippen LogP) is 26.8. The third-order valence-electron chi connectivity index (χ3n) is 16.0. The Hall–Kier alpha value is -4.74. The lowest BCUT2D eigenvalue weighted by Crippen LogP contribution is -2.28. The number of allylic oxidation sites excluding steroid dienone is 28. The summed E-state index contributed by atoms with van der Waals surface area (Å²) in [5.41, 5.74) is 0. The topological polar surface area (TPSA) is 72.8 Å². The van der Waals surface area contributed by atoms with Crippen molar-refractivity contribution in [1.29, 1.82) is 0 Å². The minimum absolute atomic E-state index is 0.0807. The Balaban J connectivity index is 3.55. The van der Waals surface area contributed by atoms with Gasteiger partial charge in [-0.05, 0) is 135 Å². The fourth-order valence-electron chi connectivity index (χ4n) is 10.4.